The summed E-state index contributed by atoms with van der Waals surface area (Å²) >= 11 is 0. The summed E-state index contributed by atoms with van der Waals surface area (Å²) in [5.41, 5.74) is -0.0806. The molecule has 0 saturated carbocycles. The van der Waals surface area contributed by atoms with E-state index in [9.17, 15) is 18.7 Å². The number of esters is 1. The number of hydrogen-bond donors (Lipinski definition) is 1. The van der Waals surface area contributed by atoms with Crippen LogP contribution in [0.3, 0.4) is 0 Å². The quantitative estimate of drug-likeness (QED) is 0.660. The number of pyridine rings is 1. The van der Waals surface area contributed by atoms with Crippen molar-refractivity contribution in [1.29, 1.82) is 0 Å². The van der Waals surface area contributed by atoms with Crippen LogP contribution in [-0.2, 0) is 9.53 Å². The van der Waals surface area contributed by atoms with E-state index in [-0.39, 0.29) is 24.6 Å². The van der Waals surface area contributed by atoms with Crippen LogP contribution in [0.25, 0.3) is 0 Å². The Kier molecular flexibility index (Phi) is 6.92. The van der Waals surface area contributed by atoms with Crippen LogP contribution in [0.1, 0.15) is 18.6 Å². The van der Waals surface area contributed by atoms with Crippen LogP contribution in [-0.4, -0.2) is 36.7 Å². The first-order valence-corrected chi connectivity index (χ1v) is 9.79. The third-order valence-corrected chi connectivity index (χ3v) is 4.84. The third kappa shape index (κ3) is 4.72. The fraction of sp³-hybridized carbons (Fsp3) is 0.538. The lowest BCUT2D eigenvalue weighted by Crippen LogP contribution is -2.40. The SMILES string of the molecule is CCOC(=O)C(F)(F)C(O)c1cncc([Si](C)(C)C)c1.Cl. The summed E-state index contributed by atoms with van der Waals surface area (Å²) in [5.74, 6) is -5.72. The molecule has 0 aromatic carbocycles. The van der Waals surface area contributed by atoms with Gasteiger partial charge in [-0.1, -0.05) is 25.7 Å². The topological polar surface area (TPSA) is 59.4 Å². The summed E-state index contributed by atoms with van der Waals surface area (Å²) in [6.07, 6.45) is 0.484. The van der Waals surface area contributed by atoms with Crippen molar-refractivity contribution < 1.29 is 23.4 Å². The lowest BCUT2D eigenvalue weighted by atomic mass is 10.1. The van der Waals surface area contributed by atoms with Crippen molar-refractivity contribution in [3.63, 3.8) is 0 Å². The molecule has 1 aromatic heterocycles. The Labute approximate surface area is 130 Å². The van der Waals surface area contributed by atoms with Crippen molar-refractivity contribution in [2.24, 2.45) is 0 Å². The number of aromatic nitrogens is 1. The molecule has 0 bridgehead atoms. The Morgan fingerprint density at radius 2 is 2.00 bits per heavy atom. The maximum atomic E-state index is 13.8. The van der Waals surface area contributed by atoms with E-state index in [2.05, 4.69) is 9.72 Å². The highest BCUT2D eigenvalue weighted by molar-refractivity contribution is 6.88. The van der Waals surface area contributed by atoms with Crippen LogP contribution < -0.4 is 5.19 Å². The zero-order valence-corrected chi connectivity index (χ0v) is 14.2. The largest absolute Gasteiger partial charge is 0.461 e. The van der Waals surface area contributed by atoms with E-state index in [1.54, 1.807) is 6.20 Å². The van der Waals surface area contributed by atoms with Gasteiger partial charge in [0.1, 0.15) is 0 Å². The molecule has 0 aliphatic heterocycles. The minimum atomic E-state index is -3.99. The second kappa shape index (κ2) is 7.28. The van der Waals surface area contributed by atoms with Gasteiger partial charge in [0.2, 0.25) is 0 Å². The number of ether oxygens (including phenoxy) is 1. The summed E-state index contributed by atoms with van der Waals surface area (Å²) in [6, 6.07) is 1.48. The number of alkyl halides is 2. The molecule has 0 saturated heterocycles. The van der Waals surface area contributed by atoms with E-state index in [0.29, 0.717) is 0 Å². The van der Waals surface area contributed by atoms with E-state index < -0.39 is 26.1 Å². The lowest BCUT2D eigenvalue weighted by molar-refractivity contribution is -0.189. The molecule has 0 fully saturated rings. The van der Waals surface area contributed by atoms with Gasteiger partial charge in [0.15, 0.2) is 6.10 Å². The van der Waals surface area contributed by atoms with E-state index in [1.165, 1.54) is 13.0 Å². The summed E-state index contributed by atoms with van der Waals surface area (Å²) in [5, 5.41) is 10.6. The Hall–Kier alpha value is -1.05. The first-order valence-electron chi connectivity index (χ1n) is 6.29. The number of aliphatic hydroxyl groups excluding tert-OH is 1. The van der Waals surface area contributed by atoms with Gasteiger partial charge in [-0.05, 0) is 12.1 Å². The predicted octanol–water partition coefficient (Wildman–Crippen LogP) is 2.28. The van der Waals surface area contributed by atoms with Gasteiger partial charge in [-0.25, -0.2) is 4.79 Å². The maximum absolute atomic E-state index is 13.8. The lowest BCUT2D eigenvalue weighted by Gasteiger charge is -2.22. The van der Waals surface area contributed by atoms with Crippen LogP contribution in [0.5, 0.6) is 0 Å². The molecule has 0 aliphatic carbocycles. The Morgan fingerprint density at radius 3 is 2.48 bits per heavy atom. The fourth-order valence-corrected chi connectivity index (χ4v) is 2.63. The molecule has 0 aliphatic rings. The molecule has 0 spiro atoms. The zero-order chi connectivity index (χ0) is 15.6. The number of nitrogens with zero attached hydrogens (tertiary/aromatic N) is 1. The van der Waals surface area contributed by atoms with Gasteiger partial charge < -0.3 is 9.84 Å². The molecular formula is C13H20ClF2NO3Si. The maximum Gasteiger partial charge on any atom is 0.380 e. The summed E-state index contributed by atoms with van der Waals surface area (Å²) in [4.78, 5) is 15.1. The van der Waals surface area contributed by atoms with Crippen LogP contribution >= 0.6 is 12.4 Å². The van der Waals surface area contributed by atoms with Gasteiger partial charge >= 0.3 is 11.9 Å². The van der Waals surface area contributed by atoms with Crippen LogP contribution in [0.15, 0.2) is 18.5 Å². The van der Waals surface area contributed by atoms with Crippen LogP contribution in [0, 0.1) is 0 Å². The standard InChI is InChI=1S/C13H19F2NO3Si.ClH/c1-5-19-12(18)13(14,15)11(17)9-6-10(8-16-7-9)20(2,3)4;/h6-8,11,17H,5H2,1-4H3;1H. The van der Waals surface area contributed by atoms with E-state index in [4.69, 9.17) is 0 Å². The van der Waals surface area contributed by atoms with Crippen LogP contribution in [0.4, 0.5) is 8.78 Å². The van der Waals surface area contributed by atoms with Crippen molar-refractivity contribution in [3.8, 4) is 0 Å². The molecule has 120 valence electrons. The molecule has 1 rings (SSSR count). The molecule has 1 unspecified atom stereocenters. The molecule has 8 heteroatoms. The Balaban J connectivity index is 0.00000400. The molecule has 21 heavy (non-hydrogen) atoms. The number of hydrogen-bond acceptors (Lipinski definition) is 4. The van der Waals surface area contributed by atoms with Gasteiger partial charge in [-0.3, -0.25) is 4.98 Å². The van der Waals surface area contributed by atoms with E-state index in [1.807, 2.05) is 19.6 Å². The zero-order valence-electron chi connectivity index (χ0n) is 12.4. The summed E-state index contributed by atoms with van der Waals surface area (Å²) < 4.78 is 31.8. The van der Waals surface area contributed by atoms with Crippen LogP contribution in [0.2, 0.25) is 19.6 Å². The molecule has 1 aromatic rings. The minimum Gasteiger partial charge on any atom is -0.461 e. The first kappa shape index (κ1) is 19.9. The Morgan fingerprint density at radius 1 is 1.43 bits per heavy atom. The molecule has 1 N–H and O–H groups in total. The van der Waals surface area contributed by atoms with Crippen molar-refractivity contribution in [2.75, 3.05) is 6.61 Å². The molecule has 0 radical (unpaired) electrons. The third-order valence-electron chi connectivity index (χ3n) is 2.83. The molecule has 4 nitrogen and oxygen atoms in total. The number of halogens is 3. The van der Waals surface area contributed by atoms with Crippen molar-refractivity contribution in [3.05, 3.63) is 24.0 Å². The predicted molar refractivity (Wildman–Crippen MR) is 81.0 cm³/mol. The number of carbonyl (C=O) groups excluding carboxylic acids is 1. The van der Waals surface area contributed by atoms with Gasteiger partial charge in [-0.15, -0.1) is 12.4 Å². The first-order chi connectivity index (χ1) is 9.10. The highest BCUT2D eigenvalue weighted by atomic mass is 35.5. The summed E-state index contributed by atoms with van der Waals surface area (Å²) in [6.45, 7) is 7.35. The number of carbonyl (C=O) groups is 1. The number of rotatable bonds is 5. The average molecular weight is 340 g/mol. The molecule has 1 atom stereocenters. The van der Waals surface area contributed by atoms with Crippen molar-refractivity contribution in [2.45, 2.75) is 38.6 Å². The van der Waals surface area contributed by atoms with Crippen molar-refractivity contribution in [1.82, 2.24) is 4.98 Å². The molecule has 0 amide bonds. The second-order valence-electron chi connectivity index (χ2n) is 5.50. The van der Waals surface area contributed by atoms with Gasteiger partial charge in [0.25, 0.3) is 0 Å². The van der Waals surface area contributed by atoms with Gasteiger partial charge in [0.05, 0.1) is 14.7 Å². The fourth-order valence-electron chi connectivity index (χ4n) is 1.57. The highest BCUT2D eigenvalue weighted by Crippen LogP contribution is 2.32. The van der Waals surface area contributed by atoms with Gasteiger partial charge in [0, 0.05) is 18.0 Å². The van der Waals surface area contributed by atoms with Gasteiger partial charge in [-0.2, -0.15) is 8.78 Å². The highest BCUT2D eigenvalue weighted by Gasteiger charge is 2.49. The average Bonchev–Trinajstić information content (AvgIpc) is 2.37. The van der Waals surface area contributed by atoms with Crippen molar-refractivity contribution >= 4 is 31.6 Å². The Bertz CT molecular complexity index is 495. The molecular weight excluding hydrogens is 320 g/mol. The monoisotopic (exact) mass is 339 g/mol. The minimum absolute atomic E-state index is 0. The second-order valence-corrected chi connectivity index (χ2v) is 10.6. The van der Waals surface area contributed by atoms with E-state index >= 15 is 0 Å². The molecule has 1 heterocycles. The smallest absolute Gasteiger partial charge is 0.380 e. The summed E-state index contributed by atoms with van der Waals surface area (Å²) in [7, 11) is -1.75. The number of aliphatic hydroxyl groups is 1. The normalized spacial score (nSPS) is 13.3. The van der Waals surface area contributed by atoms with E-state index in [0.717, 1.165) is 11.4 Å².